The maximum atomic E-state index is 13.2. The fourth-order valence-electron chi connectivity index (χ4n) is 3.38. The van der Waals surface area contributed by atoms with E-state index in [0.29, 0.717) is 16.8 Å². The summed E-state index contributed by atoms with van der Waals surface area (Å²) in [4.78, 5) is 16.5. The van der Waals surface area contributed by atoms with Crippen LogP contribution >= 0.6 is 0 Å². The third-order valence-electron chi connectivity index (χ3n) is 5.28. The van der Waals surface area contributed by atoms with E-state index in [1.54, 1.807) is 12.1 Å². The lowest BCUT2D eigenvalue weighted by Gasteiger charge is -2.19. The summed E-state index contributed by atoms with van der Waals surface area (Å²) in [7, 11) is 0. The molecular formula is C22H18F3N5O. The van der Waals surface area contributed by atoms with E-state index in [-0.39, 0.29) is 43.2 Å². The van der Waals surface area contributed by atoms with Gasteiger partial charge < -0.3 is 5.32 Å². The van der Waals surface area contributed by atoms with Gasteiger partial charge in [-0.15, -0.1) is 0 Å². The number of anilines is 1. The van der Waals surface area contributed by atoms with E-state index in [0.717, 1.165) is 0 Å². The smallest absolute Gasteiger partial charge is 0.309 e. The van der Waals surface area contributed by atoms with Gasteiger partial charge in [0.25, 0.3) is 0 Å². The van der Waals surface area contributed by atoms with Crippen molar-refractivity contribution in [2.24, 2.45) is 0 Å². The van der Waals surface area contributed by atoms with Crippen LogP contribution in [0.5, 0.6) is 0 Å². The van der Waals surface area contributed by atoms with Crippen LogP contribution in [0.25, 0.3) is 0 Å². The summed E-state index contributed by atoms with van der Waals surface area (Å²) < 4.78 is 49.2. The number of amides is 1. The molecule has 2 heterocycles. The lowest BCUT2D eigenvalue weighted by molar-refractivity contribution is -0.160. The van der Waals surface area contributed by atoms with Crippen molar-refractivity contribution in [1.82, 2.24) is 14.8 Å². The molecule has 1 saturated carbocycles. The van der Waals surface area contributed by atoms with Crippen LogP contribution in [0.1, 0.15) is 36.6 Å². The maximum absolute atomic E-state index is 13.2. The fourth-order valence-corrected chi connectivity index (χ4v) is 3.38. The number of benzene rings is 1. The van der Waals surface area contributed by atoms with Gasteiger partial charge in [-0.25, -0.2) is 0 Å². The number of alkyl halides is 3. The highest BCUT2D eigenvalue weighted by atomic mass is 19.4. The molecule has 0 spiro atoms. The summed E-state index contributed by atoms with van der Waals surface area (Å²) in [6.45, 7) is 0.260. The van der Waals surface area contributed by atoms with Crippen molar-refractivity contribution in [3.63, 3.8) is 0 Å². The van der Waals surface area contributed by atoms with Gasteiger partial charge >= 0.3 is 6.18 Å². The number of hydrogen-bond acceptors (Lipinski definition) is 4. The van der Waals surface area contributed by atoms with Crippen molar-refractivity contribution < 1.29 is 19.3 Å². The van der Waals surface area contributed by atoms with Gasteiger partial charge in [0, 0.05) is 18.4 Å². The van der Waals surface area contributed by atoms with Crippen LogP contribution in [0, 0.1) is 11.3 Å². The predicted octanol–water partition coefficient (Wildman–Crippen LogP) is 3.97. The molecule has 2 aromatic heterocycles. The summed E-state index contributed by atoms with van der Waals surface area (Å²) in [6.07, 6.45) is -1.28. The first kappa shape index (κ1) is 19.3. The first-order valence-corrected chi connectivity index (χ1v) is 9.55. The maximum Gasteiger partial charge on any atom is 0.398 e. The Morgan fingerprint density at radius 3 is 2.58 bits per heavy atom. The van der Waals surface area contributed by atoms with Gasteiger partial charge in [-0.1, -0.05) is 24.3 Å². The number of nitriles is 1. The monoisotopic (exact) mass is 426 g/mol. The average molecular weight is 426 g/mol. The molecule has 3 aromatic rings. The first-order valence-electron chi connectivity index (χ1n) is 10.1. The highest BCUT2D eigenvalue weighted by Crippen LogP contribution is 2.58. The molecule has 0 bridgehead atoms. The van der Waals surface area contributed by atoms with Crippen LogP contribution in [-0.4, -0.2) is 26.8 Å². The zero-order chi connectivity index (χ0) is 22.9. The lowest BCUT2D eigenvalue weighted by atomic mass is 9.94. The predicted molar refractivity (Wildman–Crippen MR) is 106 cm³/mol. The van der Waals surface area contributed by atoms with E-state index < -0.39 is 17.5 Å². The van der Waals surface area contributed by atoms with E-state index in [1.807, 2.05) is 6.07 Å². The summed E-state index contributed by atoms with van der Waals surface area (Å²) in [5.41, 5.74) is 0.110. The van der Waals surface area contributed by atoms with Gasteiger partial charge in [-0.05, 0) is 36.1 Å². The fraction of sp³-hybridized carbons (Fsp3) is 0.273. The number of rotatable bonds is 6. The van der Waals surface area contributed by atoms with Crippen LogP contribution in [-0.2, 0) is 23.2 Å². The Labute approximate surface area is 177 Å². The molecule has 9 heteroatoms. The number of carbonyl (C=O) groups is 1. The molecule has 1 N–H and O–H groups in total. The van der Waals surface area contributed by atoms with Crippen molar-refractivity contribution in [2.75, 3.05) is 5.32 Å². The van der Waals surface area contributed by atoms with E-state index in [2.05, 4.69) is 15.4 Å². The number of pyridine rings is 1. The zero-order valence-corrected chi connectivity index (χ0v) is 16.3. The quantitative estimate of drug-likeness (QED) is 0.647. The Morgan fingerprint density at radius 2 is 2.00 bits per heavy atom. The molecule has 1 aliphatic carbocycles. The topological polar surface area (TPSA) is 83.6 Å². The van der Waals surface area contributed by atoms with Crippen molar-refractivity contribution >= 4 is 11.7 Å². The Kier molecular flexibility index (Phi) is 4.90. The molecule has 6 nitrogen and oxygen atoms in total. The third-order valence-corrected chi connectivity index (χ3v) is 5.28. The van der Waals surface area contributed by atoms with Gasteiger partial charge in [-0.2, -0.15) is 23.5 Å². The minimum atomic E-state index is -4.28. The highest BCUT2D eigenvalue weighted by molar-refractivity contribution is 5.91. The van der Waals surface area contributed by atoms with Crippen molar-refractivity contribution in [3.05, 3.63) is 77.2 Å². The minimum absolute atomic E-state index is 0.0168. The van der Waals surface area contributed by atoms with E-state index in [9.17, 15) is 18.0 Å². The van der Waals surface area contributed by atoms with Crippen LogP contribution in [0.2, 0.25) is 0 Å². The van der Waals surface area contributed by atoms with E-state index in [4.69, 9.17) is 6.63 Å². The average Bonchev–Trinajstić information content (AvgIpc) is 3.50. The Morgan fingerprint density at radius 1 is 1.26 bits per heavy atom. The second-order valence-corrected chi connectivity index (χ2v) is 7.47. The minimum Gasteiger partial charge on any atom is -0.309 e. The first-order chi connectivity index (χ1) is 15.2. The highest BCUT2D eigenvalue weighted by Gasteiger charge is 2.64. The van der Waals surface area contributed by atoms with Crippen LogP contribution < -0.4 is 5.32 Å². The second kappa shape index (κ2) is 7.87. The van der Waals surface area contributed by atoms with Crippen molar-refractivity contribution in [2.45, 2.75) is 37.4 Å². The van der Waals surface area contributed by atoms with Gasteiger partial charge in [0.1, 0.15) is 6.07 Å². The number of halogens is 3. The molecule has 158 valence electrons. The molecule has 1 aromatic carbocycles. The second-order valence-electron chi connectivity index (χ2n) is 7.47. The Bertz CT molecular complexity index is 1180. The molecule has 0 atom stereocenters. The van der Waals surface area contributed by atoms with Crippen molar-refractivity contribution in [1.29, 1.82) is 5.26 Å². The van der Waals surface area contributed by atoms with Crippen molar-refractivity contribution in [3.8, 4) is 6.07 Å². The summed E-state index contributed by atoms with van der Waals surface area (Å²) in [6, 6.07) is 11.2. The summed E-state index contributed by atoms with van der Waals surface area (Å²) in [5, 5.41) is 15.6. The summed E-state index contributed by atoms with van der Waals surface area (Å²) in [5.74, 6) is -0.348. The molecule has 4 rings (SSSR count). The molecule has 0 radical (unpaired) electrons. The molecule has 0 saturated heterocycles. The van der Waals surface area contributed by atoms with Crippen LogP contribution in [0.4, 0.5) is 19.0 Å². The standard InChI is InChI=1S/C22H18F3N5O/c23-22(24,25)21(8-9-21)17-4-1-15(2-5-17)11-20(31)28-19-7-10-30(29-19)14-18-6-3-16(12-26)13-27-18/h1-7,10,13H,8-9,11,14H2,(H,28,29,31)/i7D. The van der Waals surface area contributed by atoms with Crippen LogP contribution in [0.15, 0.2) is 54.8 Å². The van der Waals surface area contributed by atoms with Gasteiger partial charge in [0.05, 0.1) is 31.0 Å². The lowest BCUT2D eigenvalue weighted by Crippen LogP contribution is -2.28. The number of nitrogens with zero attached hydrogens (tertiary/aromatic N) is 4. The molecule has 1 fully saturated rings. The molecule has 0 unspecified atom stereocenters. The van der Waals surface area contributed by atoms with E-state index >= 15 is 0 Å². The number of aromatic nitrogens is 3. The summed E-state index contributed by atoms with van der Waals surface area (Å²) >= 11 is 0. The Hall–Kier alpha value is -3.67. The zero-order valence-electron chi connectivity index (χ0n) is 17.3. The number of nitrogens with one attached hydrogen (secondary N) is 1. The van der Waals surface area contributed by atoms with E-state index in [1.165, 1.54) is 41.3 Å². The molecule has 1 aliphatic rings. The molecule has 31 heavy (non-hydrogen) atoms. The van der Waals surface area contributed by atoms with Gasteiger partial charge in [0.2, 0.25) is 5.91 Å². The third kappa shape index (κ3) is 4.43. The van der Waals surface area contributed by atoms with Gasteiger partial charge in [0.15, 0.2) is 5.82 Å². The van der Waals surface area contributed by atoms with Crippen LogP contribution in [0.3, 0.4) is 0 Å². The number of carbonyl (C=O) groups excluding carboxylic acids is 1. The Balaban J connectivity index is 1.37. The molecular weight excluding hydrogens is 407 g/mol. The van der Waals surface area contributed by atoms with Gasteiger partial charge in [-0.3, -0.25) is 14.5 Å². The molecule has 0 aliphatic heterocycles. The normalized spacial score (nSPS) is 15.1. The largest absolute Gasteiger partial charge is 0.398 e. The SMILES string of the molecule is [2H]c1cn(Cc2ccc(C#N)cn2)nc1NC(=O)Cc1ccc(C2(C(F)(F)F)CC2)cc1. The molecule has 1 amide bonds. The number of hydrogen-bond donors (Lipinski definition) is 1.